The molecule has 1 aromatic carbocycles. The second-order valence-corrected chi connectivity index (χ2v) is 7.43. The van der Waals surface area contributed by atoms with Gasteiger partial charge in [-0.3, -0.25) is 9.59 Å². The lowest BCUT2D eigenvalue weighted by molar-refractivity contribution is -0.140. The normalized spacial score (nSPS) is 18.1. The molecule has 1 fully saturated rings. The van der Waals surface area contributed by atoms with Crippen molar-refractivity contribution in [2.75, 3.05) is 27.4 Å². The summed E-state index contributed by atoms with van der Waals surface area (Å²) < 4.78 is 21.9. The molecule has 1 N–H and O–H groups in total. The van der Waals surface area contributed by atoms with E-state index in [1.807, 2.05) is 13.8 Å². The number of likely N-dealkylation sites (tertiary alicyclic amines) is 1. The minimum absolute atomic E-state index is 0.0234. The van der Waals surface area contributed by atoms with Gasteiger partial charge in [0.25, 0.3) is 11.7 Å². The number of nitrogens with zero attached hydrogens (tertiary/aromatic N) is 1. The lowest BCUT2D eigenvalue weighted by Crippen LogP contribution is -2.33. The van der Waals surface area contributed by atoms with E-state index >= 15 is 0 Å². The Morgan fingerprint density at radius 3 is 2.48 bits per heavy atom. The van der Waals surface area contributed by atoms with Crippen LogP contribution in [0.1, 0.15) is 37.0 Å². The van der Waals surface area contributed by atoms with Crippen LogP contribution in [0.2, 0.25) is 0 Å². The summed E-state index contributed by atoms with van der Waals surface area (Å²) in [5.74, 6) is -0.0154. The molecule has 1 aromatic heterocycles. The first kappa shape index (κ1) is 22.4. The van der Waals surface area contributed by atoms with E-state index in [1.54, 1.807) is 37.3 Å². The van der Waals surface area contributed by atoms with Crippen molar-refractivity contribution in [3.63, 3.8) is 0 Å². The number of ketones is 1. The largest absolute Gasteiger partial charge is 0.507 e. The molecule has 8 heteroatoms. The molecule has 166 valence electrons. The Kier molecular flexibility index (Phi) is 6.70. The van der Waals surface area contributed by atoms with Gasteiger partial charge in [0.15, 0.2) is 0 Å². The molecular formula is C23H27NO7. The van der Waals surface area contributed by atoms with Gasteiger partial charge in [-0.25, -0.2) is 0 Å². The topological polar surface area (TPSA) is 98.4 Å². The number of Topliss-reactive ketones (excluding diaryl/α,β-unsaturated/α-hetero) is 1. The van der Waals surface area contributed by atoms with Gasteiger partial charge < -0.3 is 28.6 Å². The highest BCUT2D eigenvalue weighted by molar-refractivity contribution is 6.46. The number of rotatable bonds is 8. The lowest BCUT2D eigenvalue weighted by atomic mass is 9.98. The number of carbonyl (C=O) groups excluding carboxylic acids is 2. The number of ether oxygens (including phenoxy) is 3. The van der Waals surface area contributed by atoms with Crippen LogP contribution in [-0.2, 0) is 14.3 Å². The van der Waals surface area contributed by atoms with Crippen molar-refractivity contribution in [1.82, 2.24) is 4.90 Å². The average molecular weight is 429 g/mol. The van der Waals surface area contributed by atoms with Crippen LogP contribution in [0, 0.1) is 6.92 Å². The van der Waals surface area contributed by atoms with E-state index in [-0.39, 0.29) is 36.2 Å². The van der Waals surface area contributed by atoms with Gasteiger partial charge in [0.05, 0.1) is 38.1 Å². The summed E-state index contributed by atoms with van der Waals surface area (Å²) in [6.07, 6.45) is -0.0234. The SMILES string of the molecule is COc1ccc(/C(O)=C2/C(=O)C(=O)N(CCOC(C)C)C2c2ccc(C)o2)c(OC)c1. The fraction of sp³-hybridized carbons (Fsp3) is 0.391. The van der Waals surface area contributed by atoms with Crippen molar-refractivity contribution >= 4 is 17.4 Å². The molecule has 1 amide bonds. The molecule has 0 bridgehead atoms. The monoisotopic (exact) mass is 429 g/mol. The number of hydrogen-bond donors (Lipinski definition) is 1. The van der Waals surface area contributed by atoms with Gasteiger partial charge in [-0.15, -0.1) is 0 Å². The molecule has 2 aromatic rings. The molecule has 3 rings (SSSR count). The summed E-state index contributed by atoms with van der Waals surface area (Å²) in [5, 5.41) is 11.1. The number of aryl methyl sites for hydroxylation is 1. The molecule has 1 unspecified atom stereocenters. The highest BCUT2D eigenvalue weighted by Crippen LogP contribution is 2.41. The Bertz CT molecular complexity index is 1010. The molecule has 8 nitrogen and oxygen atoms in total. The van der Waals surface area contributed by atoms with Gasteiger partial charge in [0.2, 0.25) is 0 Å². The van der Waals surface area contributed by atoms with E-state index in [9.17, 15) is 14.7 Å². The van der Waals surface area contributed by atoms with E-state index < -0.39 is 17.7 Å². The minimum Gasteiger partial charge on any atom is -0.507 e. The van der Waals surface area contributed by atoms with Crippen LogP contribution in [0.5, 0.6) is 11.5 Å². The summed E-state index contributed by atoms with van der Waals surface area (Å²) in [6.45, 7) is 5.95. The summed E-state index contributed by atoms with van der Waals surface area (Å²) in [5.41, 5.74) is 0.209. The van der Waals surface area contributed by atoms with Gasteiger partial charge in [-0.05, 0) is 45.0 Å². The van der Waals surface area contributed by atoms with Crippen LogP contribution in [0.3, 0.4) is 0 Å². The lowest BCUT2D eigenvalue weighted by Gasteiger charge is -2.23. The zero-order valence-electron chi connectivity index (χ0n) is 18.3. The Hall–Kier alpha value is -3.26. The van der Waals surface area contributed by atoms with Crippen LogP contribution in [0.15, 0.2) is 40.3 Å². The summed E-state index contributed by atoms with van der Waals surface area (Å²) in [4.78, 5) is 27.2. The maximum absolute atomic E-state index is 13.0. The highest BCUT2D eigenvalue weighted by atomic mass is 16.5. The van der Waals surface area contributed by atoms with Crippen molar-refractivity contribution in [3.05, 3.63) is 53.0 Å². The first-order valence-corrected chi connectivity index (χ1v) is 9.97. The van der Waals surface area contributed by atoms with Crippen LogP contribution in [0.4, 0.5) is 0 Å². The smallest absolute Gasteiger partial charge is 0.295 e. The predicted molar refractivity (Wildman–Crippen MR) is 113 cm³/mol. The molecule has 0 aliphatic carbocycles. The van der Waals surface area contributed by atoms with Gasteiger partial charge in [-0.2, -0.15) is 0 Å². The number of benzene rings is 1. The zero-order valence-corrected chi connectivity index (χ0v) is 18.3. The third kappa shape index (κ3) is 4.44. The summed E-state index contributed by atoms with van der Waals surface area (Å²) >= 11 is 0. The third-order valence-corrected chi connectivity index (χ3v) is 5.02. The predicted octanol–water partition coefficient (Wildman–Crippen LogP) is 3.45. The first-order chi connectivity index (χ1) is 14.8. The van der Waals surface area contributed by atoms with E-state index in [1.165, 1.54) is 19.1 Å². The number of aliphatic hydroxyl groups excluding tert-OH is 1. The standard InChI is InChI=1S/C23H27NO7/c1-13(2)30-11-10-24-20(17-9-6-14(3)31-17)19(22(26)23(24)27)21(25)16-8-7-15(28-4)12-18(16)29-5/h6-9,12-13,20,25H,10-11H2,1-5H3/b21-19-. The molecule has 1 aliphatic rings. The van der Waals surface area contributed by atoms with Crippen molar-refractivity contribution < 1.29 is 33.3 Å². The first-order valence-electron chi connectivity index (χ1n) is 9.97. The molecule has 0 spiro atoms. The van der Waals surface area contributed by atoms with Crippen molar-refractivity contribution in [1.29, 1.82) is 0 Å². The molecule has 0 radical (unpaired) electrons. The molecule has 31 heavy (non-hydrogen) atoms. The molecule has 2 heterocycles. The minimum atomic E-state index is -0.878. The van der Waals surface area contributed by atoms with Gasteiger partial charge in [0, 0.05) is 12.6 Å². The summed E-state index contributed by atoms with van der Waals surface area (Å²) in [6, 6.07) is 7.36. The van der Waals surface area contributed by atoms with E-state index in [0.29, 0.717) is 23.0 Å². The Morgan fingerprint density at radius 1 is 1.16 bits per heavy atom. The molecular weight excluding hydrogens is 402 g/mol. The zero-order chi connectivity index (χ0) is 22.7. The van der Waals surface area contributed by atoms with Crippen molar-refractivity contribution in [2.45, 2.75) is 32.9 Å². The second-order valence-electron chi connectivity index (χ2n) is 7.43. The van der Waals surface area contributed by atoms with Gasteiger partial charge in [0.1, 0.15) is 34.8 Å². The fourth-order valence-corrected chi connectivity index (χ4v) is 3.53. The van der Waals surface area contributed by atoms with Crippen molar-refractivity contribution in [3.8, 4) is 11.5 Å². The molecule has 0 saturated carbocycles. The Labute approximate surface area is 181 Å². The molecule has 1 saturated heterocycles. The molecule has 1 atom stereocenters. The van der Waals surface area contributed by atoms with Gasteiger partial charge in [-0.1, -0.05) is 0 Å². The van der Waals surface area contributed by atoms with E-state index in [2.05, 4.69) is 0 Å². The quantitative estimate of drug-likeness (QED) is 0.390. The highest BCUT2D eigenvalue weighted by Gasteiger charge is 2.47. The van der Waals surface area contributed by atoms with Crippen molar-refractivity contribution in [2.24, 2.45) is 0 Å². The fourth-order valence-electron chi connectivity index (χ4n) is 3.53. The maximum atomic E-state index is 13.0. The van der Waals surface area contributed by atoms with E-state index in [0.717, 1.165) is 0 Å². The van der Waals surface area contributed by atoms with E-state index in [4.69, 9.17) is 18.6 Å². The number of hydrogen-bond acceptors (Lipinski definition) is 7. The van der Waals surface area contributed by atoms with Crippen LogP contribution in [0.25, 0.3) is 5.76 Å². The third-order valence-electron chi connectivity index (χ3n) is 5.02. The number of methoxy groups -OCH3 is 2. The average Bonchev–Trinajstić information content (AvgIpc) is 3.28. The van der Waals surface area contributed by atoms with Crippen LogP contribution < -0.4 is 9.47 Å². The summed E-state index contributed by atoms with van der Waals surface area (Å²) in [7, 11) is 2.96. The number of amides is 1. The number of carbonyl (C=O) groups is 2. The van der Waals surface area contributed by atoms with Crippen LogP contribution in [-0.4, -0.2) is 55.2 Å². The Balaban J connectivity index is 2.12. The molecule has 1 aliphatic heterocycles. The maximum Gasteiger partial charge on any atom is 0.295 e. The van der Waals surface area contributed by atoms with Gasteiger partial charge >= 0.3 is 0 Å². The van der Waals surface area contributed by atoms with Crippen LogP contribution >= 0.6 is 0 Å². The second kappa shape index (κ2) is 9.26. The number of furan rings is 1. The number of aliphatic hydroxyl groups is 1. The Morgan fingerprint density at radius 2 is 1.90 bits per heavy atom.